The fourth-order valence-corrected chi connectivity index (χ4v) is 2.65. The van der Waals surface area contributed by atoms with Gasteiger partial charge in [-0.2, -0.15) is 0 Å². The molecule has 2 aromatic rings. The average Bonchev–Trinajstić information content (AvgIpc) is 2.45. The van der Waals surface area contributed by atoms with Gasteiger partial charge in [0, 0.05) is 10.4 Å². The van der Waals surface area contributed by atoms with Gasteiger partial charge in [-0.3, -0.25) is 0 Å². The van der Waals surface area contributed by atoms with Crippen LogP contribution in [0.25, 0.3) is 10.8 Å². The quantitative estimate of drug-likeness (QED) is 0.666. The Kier molecular flexibility index (Phi) is 5.09. The number of benzene rings is 2. The normalized spacial score (nSPS) is 12.9. The third-order valence-corrected chi connectivity index (χ3v) is 4.08. The standard InChI is InChI=1S/C18H22ClNO2/c1-10(2)14-9-13(22-18(21)17(20)11(3)4)8-12-6-5-7-15(19)16(12)14/h5-11,17H,20H2,1-4H3/t17-/m1/s1. The van der Waals surface area contributed by atoms with Crippen molar-refractivity contribution >= 4 is 28.3 Å². The van der Waals surface area contributed by atoms with Gasteiger partial charge in [-0.15, -0.1) is 0 Å². The van der Waals surface area contributed by atoms with Gasteiger partial charge in [0.1, 0.15) is 11.8 Å². The zero-order valence-electron chi connectivity index (χ0n) is 13.4. The topological polar surface area (TPSA) is 52.3 Å². The largest absolute Gasteiger partial charge is 0.425 e. The van der Waals surface area contributed by atoms with Crippen molar-refractivity contribution in [2.75, 3.05) is 0 Å². The molecule has 0 saturated heterocycles. The molecule has 0 aromatic heterocycles. The Bertz CT molecular complexity index is 695. The molecule has 0 saturated carbocycles. The van der Waals surface area contributed by atoms with Crippen LogP contribution in [0, 0.1) is 5.92 Å². The highest BCUT2D eigenvalue weighted by molar-refractivity contribution is 6.35. The number of rotatable bonds is 4. The molecule has 2 N–H and O–H groups in total. The number of esters is 1. The summed E-state index contributed by atoms with van der Waals surface area (Å²) in [6, 6.07) is 8.81. The molecular weight excluding hydrogens is 298 g/mol. The summed E-state index contributed by atoms with van der Waals surface area (Å²) in [6.45, 7) is 7.96. The van der Waals surface area contributed by atoms with Crippen LogP contribution >= 0.6 is 11.6 Å². The Hall–Kier alpha value is -1.58. The molecule has 2 aromatic carbocycles. The predicted molar refractivity (Wildman–Crippen MR) is 91.5 cm³/mol. The summed E-state index contributed by atoms with van der Waals surface area (Å²) in [5, 5.41) is 2.67. The van der Waals surface area contributed by atoms with Crippen LogP contribution in [-0.2, 0) is 4.79 Å². The van der Waals surface area contributed by atoms with Gasteiger partial charge in [0.2, 0.25) is 0 Å². The highest BCUT2D eigenvalue weighted by atomic mass is 35.5. The fraction of sp³-hybridized carbons (Fsp3) is 0.389. The van der Waals surface area contributed by atoms with E-state index in [1.54, 1.807) is 0 Å². The maximum Gasteiger partial charge on any atom is 0.328 e. The minimum Gasteiger partial charge on any atom is -0.425 e. The number of halogens is 1. The number of hydrogen-bond donors (Lipinski definition) is 1. The summed E-state index contributed by atoms with van der Waals surface area (Å²) in [5.41, 5.74) is 6.91. The number of fused-ring (bicyclic) bond motifs is 1. The maximum absolute atomic E-state index is 12.1. The molecule has 0 aliphatic rings. The van der Waals surface area contributed by atoms with Gasteiger partial charge in [-0.25, -0.2) is 4.79 Å². The first-order chi connectivity index (χ1) is 10.3. The van der Waals surface area contributed by atoms with Crippen LogP contribution in [0.1, 0.15) is 39.2 Å². The first-order valence-corrected chi connectivity index (χ1v) is 7.88. The Balaban J connectivity index is 2.46. The smallest absolute Gasteiger partial charge is 0.328 e. The highest BCUT2D eigenvalue weighted by Gasteiger charge is 2.20. The van der Waals surface area contributed by atoms with Crippen molar-refractivity contribution in [2.24, 2.45) is 11.7 Å². The van der Waals surface area contributed by atoms with Crippen molar-refractivity contribution in [1.82, 2.24) is 0 Å². The SMILES string of the molecule is CC(C)c1cc(OC(=O)[C@H](N)C(C)C)cc2cccc(Cl)c12. The third-order valence-electron chi connectivity index (χ3n) is 3.76. The monoisotopic (exact) mass is 319 g/mol. The molecule has 0 heterocycles. The molecule has 0 radical (unpaired) electrons. The summed E-state index contributed by atoms with van der Waals surface area (Å²) >= 11 is 6.33. The molecule has 0 amide bonds. The molecule has 0 unspecified atom stereocenters. The summed E-state index contributed by atoms with van der Waals surface area (Å²) < 4.78 is 5.47. The highest BCUT2D eigenvalue weighted by Crippen LogP contribution is 2.35. The lowest BCUT2D eigenvalue weighted by Gasteiger charge is -2.17. The molecule has 118 valence electrons. The second-order valence-electron chi connectivity index (χ2n) is 6.20. The molecule has 0 aliphatic carbocycles. The molecule has 0 bridgehead atoms. The Morgan fingerprint density at radius 2 is 1.86 bits per heavy atom. The van der Waals surface area contributed by atoms with E-state index in [2.05, 4.69) is 13.8 Å². The summed E-state index contributed by atoms with van der Waals surface area (Å²) in [6.07, 6.45) is 0. The van der Waals surface area contributed by atoms with Crippen LogP contribution < -0.4 is 10.5 Å². The van der Waals surface area contributed by atoms with Crippen LogP contribution in [0.15, 0.2) is 30.3 Å². The van der Waals surface area contributed by atoms with E-state index >= 15 is 0 Å². The van der Waals surface area contributed by atoms with Crippen molar-refractivity contribution in [3.63, 3.8) is 0 Å². The second kappa shape index (κ2) is 6.67. The number of carbonyl (C=O) groups is 1. The summed E-state index contributed by atoms with van der Waals surface area (Å²) in [7, 11) is 0. The average molecular weight is 320 g/mol. The summed E-state index contributed by atoms with van der Waals surface area (Å²) in [4.78, 5) is 12.1. The van der Waals surface area contributed by atoms with Crippen LogP contribution in [0.3, 0.4) is 0 Å². The Morgan fingerprint density at radius 1 is 1.18 bits per heavy atom. The molecular formula is C18H22ClNO2. The van der Waals surface area contributed by atoms with E-state index in [9.17, 15) is 4.79 Å². The molecule has 0 aliphatic heterocycles. The predicted octanol–water partition coefficient (Wildman–Crippen LogP) is 4.51. The first-order valence-electron chi connectivity index (χ1n) is 7.50. The second-order valence-corrected chi connectivity index (χ2v) is 6.60. The van der Waals surface area contributed by atoms with Gasteiger partial charge in [-0.05, 0) is 41.0 Å². The molecule has 2 rings (SSSR count). The molecule has 4 heteroatoms. The number of carbonyl (C=O) groups excluding carboxylic acids is 1. The van der Waals surface area contributed by atoms with Crippen molar-refractivity contribution in [3.8, 4) is 5.75 Å². The number of hydrogen-bond acceptors (Lipinski definition) is 3. The first kappa shape index (κ1) is 16.8. The van der Waals surface area contributed by atoms with E-state index in [4.69, 9.17) is 22.1 Å². The van der Waals surface area contributed by atoms with Crippen LogP contribution in [-0.4, -0.2) is 12.0 Å². The number of ether oxygens (including phenoxy) is 1. The van der Waals surface area contributed by atoms with Gasteiger partial charge in [0.15, 0.2) is 0 Å². The zero-order chi connectivity index (χ0) is 16.4. The van der Waals surface area contributed by atoms with Gasteiger partial charge >= 0.3 is 5.97 Å². The van der Waals surface area contributed by atoms with Crippen LogP contribution in [0.2, 0.25) is 5.02 Å². The molecule has 0 fully saturated rings. The lowest BCUT2D eigenvalue weighted by Crippen LogP contribution is -2.38. The fourth-order valence-electron chi connectivity index (χ4n) is 2.36. The van der Waals surface area contributed by atoms with Crippen molar-refractivity contribution in [2.45, 2.75) is 39.7 Å². The third kappa shape index (κ3) is 3.42. The molecule has 1 atom stereocenters. The lowest BCUT2D eigenvalue weighted by molar-refractivity contribution is -0.136. The minimum absolute atomic E-state index is 0.0342. The Morgan fingerprint density at radius 3 is 2.45 bits per heavy atom. The Labute approximate surface area is 136 Å². The van der Waals surface area contributed by atoms with E-state index in [-0.39, 0.29) is 11.8 Å². The van der Waals surface area contributed by atoms with Gasteiger partial charge < -0.3 is 10.5 Å². The number of nitrogens with two attached hydrogens (primary N) is 1. The van der Waals surface area contributed by atoms with E-state index in [0.29, 0.717) is 10.8 Å². The van der Waals surface area contributed by atoms with Crippen molar-refractivity contribution in [1.29, 1.82) is 0 Å². The summed E-state index contributed by atoms with van der Waals surface area (Å²) in [5.74, 6) is 0.400. The molecule has 22 heavy (non-hydrogen) atoms. The molecule has 0 spiro atoms. The van der Waals surface area contributed by atoms with Crippen molar-refractivity contribution < 1.29 is 9.53 Å². The minimum atomic E-state index is -0.627. The van der Waals surface area contributed by atoms with E-state index in [0.717, 1.165) is 16.3 Å². The van der Waals surface area contributed by atoms with Crippen LogP contribution in [0.4, 0.5) is 0 Å². The van der Waals surface area contributed by atoms with E-state index < -0.39 is 12.0 Å². The lowest BCUT2D eigenvalue weighted by atomic mass is 9.95. The van der Waals surface area contributed by atoms with Gasteiger partial charge in [0.25, 0.3) is 0 Å². The van der Waals surface area contributed by atoms with E-state index in [1.165, 1.54) is 0 Å². The van der Waals surface area contributed by atoms with Gasteiger partial charge in [-0.1, -0.05) is 51.4 Å². The zero-order valence-corrected chi connectivity index (χ0v) is 14.1. The van der Waals surface area contributed by atoms with Gasteiger partial charge in [0.05, 0.1) is 0 Å². The van der Waals surface area contributed by atoms with Crippen molar-refractivity contribution in [3.05, 3.63) is 40.9 Å². The molecule has 3 nitrogen and oxygen atoms in total. The van der Waals surface area contributed by atoms with E-state index in [1.807, 2.05) is 44.2 Å². The maximum atomic E-state index is 12.1. The van der Waals surface area contributed by atoms with Crippen LogP contribution in [0.5, 0.6) is 5.75 Å².